The fourth-order valence-corrected chi connectivity index (χ4v) is 2.64. The van der Waals surface area contributed by atoms with Gasteiger partial charge in [0.05, 0.1) is 11.2 Å². The van der Waals surface area contributed by atoms with Crippen molar-refractivity contribution in [2.75, 3.05) is 5.73 Å². The van der Waals surface area contributed by atoms with Crippen LogP contribution in [0.3, 0.4) is 0 Å². The Kier molecular flexibility index (Phi) is 2.41. The number of benzene rings is 2. The van der Waals surface area contributed by atoms with Crippen LogP contribution in [0.2, 0.25) is 0 Å². The minimum Gasteiger partial charge on any atom is -0.369 e. The van der Waals surface area contributed by atoms with E-state index in [1.807, 2.05) is 30.3 Å². The number of pyridine rings is 1. The monoisotopic (exact) mass is 278 g/mol. The SMILES string of the molecule is Nc1nc2c(F)cccc2n1-c1cccc2cnccc12. The molecule has 0 fully saturated rings. The average Bonchev–Trinajstić information content (AvgIpc) is 2.84. The molecule has 0 saturated carbocycles. The number of anilines is 1. The Bertz CT molecular complexity index is 969. The first-order chi connectivity index (χ1) is 10.3. The van der Waals surface area contributed by atoms with Crippen molar-refractivity contribution in [1.29, 1.82) is 0 Å². The van der Waals surface area contributed by atoms with Gasteiger partial charge >= 0.3 is 0 Å². The Morgan fingerprint density at radius 3 is 2.81 bits per heavy atom. The van der Waals surface area contributed by atoms with E-state index in [4.69, 9.17) is 5.73 Å². The molecule has 0 aliphatic carbocycles. The zero-order valence-corrected chi connectivity index (χ0v) is 11.0. The van der Waals surface area contributed by atoms with Gasteiger partial charge < -0.3 is 5.73 Å². The summed E-state index contributed by atoms with van der Waals surface area (Å²) in [5.74, 6) is -0.112. The normalized spacial score (nSPS) is 11.3. The van der Waals surface area contributed by atoms with Gasteiger partial charge in [0.15, 0.2) is 5.82 Å². The lowest BCUT2D eigenvalue weighted by molar-refractivity contribution is 0.637. The maximum Gasteiger partial charge on any atom is 0.206 e. The van der Waals surface area contributed by atoms with E-state index in [9.17, 15) is 4.39 Å². The van der Waals surface area contributed by atoms with Gasteiger partial charge in [0, 0.05) is 23.2 Å². The van der Waals surface area contributed by atoms with E-state index < -0.39 is 0 Å². The number of nitrogen functional groups attached to an aromatic ring is 1. The number of hydrogen-bond acceptors (Lipinski definition) is 3. The summed E-state index contributed by atoms with van der Waals surface area (Å²) in [6.45, 7) is 0. The second-order valence-electron chi connectivity index (χ2n) is 4.79. The van der Waals surface area contributed by atoms with E-state index in [2.05, 4.69) is 9.97 Å². The lowest BCUT2D eigenvalue weighted by atomic mass is 10.1. The highest BCUT2D eigenvalue weighted by molar-refractivity contribution is 5.93. The standard InChI is InChI=1S/C16H11FN4/c17-12-4-2-6-14-15(12)20-16(18)21(14)13-5-1-3-10-9-19-8-7-11(10)13/h1-9H,(H2,18,20). The molecule has 2 aromatic heterocycles. The fourth-order valence-electron chi connectivity index (χ4n) is 2.64. The second-order valence-corrected chi connectivity index (χ2v) is 4.79. The molecule has 0 aliphatic rings. The number of halogens is 1. The van der Waals surface area contributed by atoms with Gasteiger partial charge in [-0.2, -0.15) is 0 Å². The Labute approximate surface area is 119 Å². The van der Waals surface area contributed by atoms with Crippen molar-refractivity contribution in [3.05, 3.63) is 60.7 Å². The molecule has 4 rings (SSSR count). The summed E-state index contributed by atoms with van der Waals surface area (Å²) in [4.78, 5) is 8.26. The van der Waals surface area contributed by atoms with Crippen molar-refractivity contribution in [2.45, 2.75) is 0 Å². The highest BCUT2D eigenvalue weighted by atomic mass is 19.1. The maximum absolute atomic E-state index is 13.9. The Hall–Kier alpha value is -2.95. The van der Waals surface area contributed by atoms with Crippen LogP contribution < -0.4 is 5.73 Å². The fraction of sp³-hybridized carbons (Fsp3) is 0. The van der Waals surface area contributed by atoms with Crippen molar-refractivity contribution in [1.82, 2.24) is 14.5 Å². The lowest BCUT2D eigenvalue weighted by Gasteiger charge is -2.10. The highest BCUT2D eigenvalue weighted by Crippen LogP contribution is 2.29. The quantitative estimate of drug-likeness (QED) is 0.581. The van der Waals surface area contributed by atoms with Crippen molar-refractivity contribution in [2.24, 2.45) is 0 Å². The average molecular weight is 278 g/mol. The third kappa shape index (κ3) is 1.67. The second kappa shape index (κ2) is 4.28. The molecule has 0 atom stereocenters. The van der Waals surface area contributed by atoms with Gasteiger partial charge in [-0.15, -0.1) is 0 Å². The van der Waals surface area contributed by atoms with Crippen molar-refractivity contribution >= 4 is 27.8 Å². The van der Waals surface area contributed by atoms with Crippen molar-refractivity contribution in [3.8, 4) is 5.69 Å². The third-order valence-electron chi connectivity index (χ3n) is 3.56. The Morgan fingerprint density at radius 1 is 1.05 bits per heavy atom. The van der Waals surface area contributed by atoms with Crippen LogP contribution in [-0.4, -0.2) is 14.5 Å². The summed E-state index contributed by atoms with van der Waals surface area (Å²) >= 11 is 0. The number of para-hydroxylation sites is 1. The summed E-state index contributed by atoms with van der Waals surface area (Å²) < 4.78 is 15.6. The summed E-state index contributed by atoms with van der Waals surface area (Å²) in [5.41, 5.74) is 7.80. The molecule has 4 aromatic rings. The van der Waals surface area contributed by atoms with Crippen molar-refractivity contribution in [3.63, 3.8) is 0 Å². The minimum absolute atomic E-state index is 0.263. The van der Waals surface area contributed by atoms with Crippen LogP contribution in [-0.2, 0) is 0 Å². The van der Waals surface area contributed by atoms with E-state index in [-0.39, 0.29) is 17.3 Å². The summed E-state index contributed by atoms with van der Waals surface area (Å²) in [6.07, 6.45) is 3.51. The van der Waals surface area contributed by atoms with Crippen LogP contribution >= 0.6 is 0 Å². The largest absolute Gasteiger partial charge is 0.369 e. The van der Waals surface area contributed by atoms with Gasteiger partial charge in [-0.1, -0.05) is 18.2 Å². The molecule has 0 amide bonds. The first-order valence-electron chi connectivity index (χ1n) is 6.51. The molecule has 4 nitrogen and oxygen atoms in total. The van der Waals surface area contributed by atoms with Gasteiger partial charge in [0.2, 0.25) is 5.95 Å². The number of nitrogens with zero attached hydrogens (tertiary/aromatic N) is 3. The molecule has 0 bridgehead atoms. The molecule has 0 unspecified atom stereocenters. The van der Waals surface area contributed by atoms with Crippen LogP contribution in [0.1, 0.15) is 0 Å². The molecule has 2 N–H and O–H groups in total. The van der Waals surface area contributed by atoms with Gasteiger partial charge in [-0.25, -0.2) is 9.37 Å². The predicted octanol–water partition coefficient (Wildman–Crippen LogP) is 3.30. The number of fused-ring (bicyclic) bond motifs is 2. The lowest BCUT2D eigenvalue weighted by Crippen LogP contribution is -2.01. The van der Waals surface area contributed by atoms with E-state index in [0.717, 1.165) is 16.5 Å². The number of rotatable bonds is 1. The van der Waals surface area contributed by atoms with E-state index in [0.29, 0.717) is 5.52 Å². The van der Waals surface area contributed by atoms with Gasteiger partial charge in [0.25, 0.3) is 0 Å². The molecule has 2 aromatic carbocycles. The molecule has 0 saturated heterocycles. The molecule has 0 aliphatic heterocycles. The zero-order valence-electron chi connectivity index (χ0n) is 11.0. The summed E-state index contributed by atoms with van der Waals surface area (Å²) in [6, 6.07) is 12.6. The van der Waals surface area contributed by atoms with Crippen LogP contribution in [0.15, 0.2) is 54.9 Å². The molecule has 102 valence electrons. The van der Waals surface area contributed by atoms with E-state index in [1.54, 1.807) is 23.0 Å². The van der Waals surface area contributed by atoms with Crippen LogP contribution in [0.4, 0.5) is 10.3 Å². The molecular weight excluding hydrogens is 267 g/mol. The van der Waals surface area contributed by atoms with Gasteiger partial charge in [-0.05, 0) is 24.3 Å². The highest BCUT2D eigenvalue weighted by Gasteiger charge is 2.14. The smallest absolute Gasteiger partial charge is 0.206 e. The number of nitrogens with two attached hydrogens (primary N) is 1. The molecular formula is C16H11FN4. The topological polar surface area (TPSA) is 56.7 Å². The molecule has 0 radical (unpaired) electrons. The van der Waals surface area contributed by atoms with E-state index in [1.165, 1.54) is 6.07 Å². The van der Waals surface area contributed by atoms with Crippen molar-refractivity contribution < 1.29 is 4.39 Å². The van der Waals surface area contributed by atoms with Crippen LogP contribution in [0, 0.1) is 5.82 Å². The predicted molar refractivity (Wildman–Crippen MR) is 80.7 cm³/mol. The molecule has 0 spiro atoms. The first kappa shape index (κ1) is 11.8. The van der Waals surface area contributed by atoms with Gasteiger partial charge in [0.1, 0.15) is 5.52 Å². The summed E-state index contributed by atoms with van der Waals surface area (Å²) in [5, 5.41) is 1.98. The minimum atomic E-state index is -0.375. The molecule has 21 heavy (non-hydrogen) atoms. The first-order valence-corrected chi connectivity index (χ1v) is 6.51. The van der Waals surface area contributed by atoms with Crippen LogP contribution in [0.25, 0.3) is 27.5 Å². The van der Waals surface area contributed by atoms with E-state index >= 15 is 0 Å². The third-order valence-corrected chi connectivity index (χ3v) is 3.56. The number of hydrogen-bond donors (Lipinski definition) is 1. The van der Waals surface area contributed by atoms with Crippen LogP contribution in [0.5, 0.6) is 0 Å². The molecule has 2 heterocycles. The zero-order chi connectivity index (χ0) is 14.4. The summed E-state index contributed by atoms with van der Waals surface area (Å²) in [7, 11) is 0. The number of aromatic nitrogens is 3. The van der Waals surface area contributed by atoms with Gasteiger partial charge in [-0.3, -0.25) is 9.55 Å². The Morgan fingerprint density at radius 2 is 1.90 bits per heavy atom. The molecule has 5 heteroatoms. The Balaban J connectivity index is 2.14. The maximum atomic E-state index is 13.9. The number of imidazole rings is 1.